The van der Waals surface area contributed by atoms with Crippen molar-refractivity contribution < 1.29 is 29.0 Å². The Kier molecular flexibility index (Phi) is 9.91. The Labute approximate surface area is 234 Å². The van der Waals surface area contributed by atoms with Gasteiger partial charge in [-0.05, 0) is 41.2 Å². The molecule has 0 unspecified atom stereocenters. The van der Waals surface area contributed by atoms with E-state index < -0.39 is 36.2 Å². The standard InChI is InChI=1S/C32H36N2O6/c1-3-11-23(18-29(35)36)33-31(37)30(21(2)39-19-22-12-5-4-6-13-22)34-32(38)40-20-28-26-16-9-7-14-24(26)25-15-8-10-17-27(25)28/h4-10,12-17,21,23,28,30H,3,11,18-20H2,1-2H3,(H,33,37)(H,34,38)(H,35,36)/t21-,23+,30+/m0/s1. The number of fused-ring (bicyclic) bond motifs is 3. The van der Waals surface area contributed by atoms with E-state index in [0.717, 1.165) is 27.8 Å². The van der Waals surface area contributed by atoms with Crippen molar-refractivity contribution in [2.45, 2.75) is 63.8 Å². The minimum atomic E-state index is -1.09. The van der Waals surface area contributed by atoms with Crippen LogP contribution < -0.4 is 10.6 Å². The molecule has 3 N–H and O–H groups in total. The van der Waals surface area contributed by atoms with E-state index in [4.69, 9.17) is 9.47 Å². The number of ether oxygens (including phenoxy) is 2. The number of benzene rings is 3. The maximum atomic E-state index is 13.3. The van der Waals surface area contributed by atoms with Crippen molar-refractivity contribution in [1.82, 2.24) is 10.6 Å². The third kappa shape index (κ3) is 7.27. The van der Waals surface area contributed by atoms with Crippen molar-refractivity contribution in [2.24, 2.45) is 0 Å². The second kappa shape index (κ2) is 13.8. The fourth-order valence-electron chi connectivity index (χ4n) is 5.14. The first-order chi connectivity index (χ1) is 19.4. The predicted molar refractivity (Wildman–Crippen MR) is 152 cm³/mol. The molecule has 0 radical (unpaired) electrons. The lowest BCUT2D eigenvalue weighted by atomic mass is 9.98. The molecule has 40 heavy (non-hydrogen) atoms. The van der Waals surface area contributed by atoms with Gasteiger partial charge in [0, 0.05) is 12.0 Å². The summed E-state index contributed by atoms with van der Waals surface area (Å²) in [6.07, 6.45) is -0.482. The van der Waals surface area contributed by atoms with Gasteiger partial charge in [-0.15, -0.1) is 0 Å². The van der Waals surface area contributed by atoms with E-state index in [0.29, 0.717) is 12.8 Å². The second-order valence-corrected chi connectivity index (χ2v) is 10.0. The summed E-state index contributed by atoms with van der Waals surface area (Å²) in [5.74, 6) is -1.65. The van der Waals surface area contributed by atoms with Crippen molar-refractivity contribution >= 4 is 18.0 Å². The molecule has 0 saturated heterocycles. The summed E-state index contributed by atoms with van der Waals surface area (Å²) in [4.78, 5) is 37.7. The molecule has 0 aliphatic heterocycles. The van der Waals surface area contributed by atoms with Crippen molar-refractivity contribution in [1.29, 1.82) is 0 Å². The van der Waals surface area contributed by atoms with Crippen molar-refractivity contribution in [3.05, 3.63) is 95.6 Å². The molecule has 0 bridgehead atoms. The number of nitrogens with one attached hydrogen (secondary N) is 2. The summed E-state index contributed by atoms with van der Waals surface area (Å²) in [6.45, 7) is 3.96. The van der Waals surface area contributed by atoms with E-state index in [1.807, 2.05) is 73.7 Å². The van der Waals surface area contributed by atoms with Crippen LogP contribution in [0.5, 0.6) is 0 Å². The lowest BCUT2D eigenvalue weighted by molar-refractivity contribution is -0.138. The molecule has 8 heteroatoms. The SMILES string of the molecule is CCC[C@H](CC(=O)O)NC(=O)[C@H](NC(=O)OCC1c2ccccc2-c2ccccc21)[C@H](C)OCc1ccccc1. The Morgan fingerprint density at radius 1 is 0.875 bits per heavy atom. The largest absolute Gasteiger partial charge is 0.481 e. The van der Waals surface area contributed by atoms with Crippen LogP contribution in [0.3, 0.4) is 0 Å². The molecule has 4 rings (SSSR count). The summed E-state index contributed by atoms with van der Waals surface area (Å²) in [7, 11) is 0. The van der Waals surface area contributed by atoms with E-state index in [-0.39, 0.29) is 25.6 Å². The first-order valence-electron chi connectivity index (χ1n) is 13.7. The van der Waals surface area contributed by atoms with Crippen LogP contribution >= 0.6 is 0 Å². The van der Waals surface area contributed by atoms with Crippen LogP contribution in [0.1, 0.15) is 55.7 Å². The van der Waals surface area contributed by atoms with Crippen LogP contribution in [0.2, 0.25) is 0 Å². The third-order valence-corrected chi connectivity index (χ3v) is 7.13. The minimum absolute atomic E-state index is 0.102. The number of carbonyl (C=O) groups is 3. The average molecular weight is 545 g/mol. The molecule has 0 spiro atoms. The predicted octanol–water partition coefficient (Wildman–Crippen LogP) is 5.26. The van der Waals surface area contributed by atoms with Gasteiger partial charge < -0.3 is 25.2 Å². The highest BCUT2D eigenvalue weighted by atomic mass is 16.5. The Morgan fingerprint density at radius 3 is 2.08 bits per heavy atom. The van der Waals surface area contributed by atoms with Crippen LogP contribution in [0.15, 0.2) is 78.9 Å². The van der Waals surface area contributed by atoms with Gasteiger partial charge in [0.05, 0.1) is 19.1 Å². The van der Waals surface area contributed by atoms with Gasteiger partial charge >= 0.3 is 12.1 Å². The highest BCUT2D eigenvalue weighted by Gasteiger charge is 2.32. The molecule has 0 fully saturated rings. The van der Waals surface area contributed by atoms with Gasteiger partial charge in [-0.3, -0.25) is 9.59 Å². The molecule has 1 aliphatic rings. The fourth-order valence-corrected chi connectivity index (χ4v) is 5.14. The smallest absolute Gasteiger partial charge is 0.407 e. The van der Waals surface area contributed by atoms with Gasteiger partial charge in [0.25, 0.3) is 0 Å². The summed E-state index contributed by atoms with van der Waals surface area (Å²) in [6, 6.07) is 23.9. The minimum Gasteiger partial charge on any atom is -0.481 e. The maximum Gasteiger partial charge on any atom is 0.407 e. The number of carbonyl (C=O) groups excluding carboxylic acids is 2. The zero-order valence-corrected chi connectivity index (χ0v) is 22.8. The number of aliphatic carboxylic acids is 1. The Hall–Kier alpha value is -4.17. The average Bonchev–Trinajstić information content (AvgIpc) is 3.27. The molecule has 1 aliphatic carbocycles. The number of carboxylic acids is 1. The van der Waals surface area contributed by atoms with Gasteiger partial charge in [-0.1, -0.05) is 92.2 Å². The summed E-state index contributed by atoms with van der Waals surface area (Å²) in [5, 5.41) is 14.7. The zero-order valence-electron chi connectivity index (χ0n) is 22.8. The van der Waals surface area contributed by atoms with Gasteiger partial charge in [0.2, 0.25) is 5.91 Å². The number of rotatable bonds is 13. The highest BCUT2D eigenvalue weighted by molar-refractivity contribution is 5.87. The number of hydrogen-bond donors (Lipinski definition) is 3. The van der Waals surface area contributed by atoms with Gasteiger partial charge in [-0.2, -0.15) is 0 Å². The first-order valence-corrected chi connectivity index (χ1v) is 13.7. The van der Waals surface area contributed by atoms with E-state index >= 15 is 0 Å². The second-order valence-electron chi connectivity index (χ2n) is 10.0. The Morgan fingerprint density at radius 2 is 1.48 bits per heavy atom. The van der Waals surface area contributed by atoms with Crippen molar-refractivity contribution in [2.75, 3.05) is 6.61 Å². The Bertz CT molecular complexity index is 1270. The van der Waals surface area contributed by atoms with E-state index in [9.17, 15) is 19.5 Å². The third-order valence-electron chi connectivity index (χ3n) is 7.13. The van der Waals surface area contributed by atoms with E-state index in [2.05, 4.69) is 22.8 Å². The van der Waals surface area contributed by atoms with Gasteiger partial charge in [0.15, 0.2) is 0 Å². The molecular formula is C32H36N2O6. The summed E-state index contributed by atoms with van der Waals surface area (Å²) < 4.78 is 11.6. The fraction of sp³-hybridized carbons (Fsp3) is 0.344. The molecule has 210 valence electrons. The van der Waals surface area contributed by atoms with Crippen molar-refractivity contribution in [3.8, 4) is 11.1 Å². The lowest BCUT2D eigenvalue weighted by Gasteiger charge is -2.27. The number of amides is 2. The van der Waals surface area contributed by atoms with Crippen LogP contribution in [-0.4, -0.2) is 47.9 Å². The quantitative estimate of drug-likeness (QED) is 0.271. The highest BCUT2D eigenvalue weighted by Crippen LogP contribution is 2.44. The van der Waals surface area contributed by atoms with Crippen LogP contribution in [0.4, 0.5) is 4.79 Å². The molecule has 0 aromatic heterocycles. The molecular weight excluding hydrogens is 508 g/mol. The molecule has 0 saturated carbocycles. The number of carboxylic acid groups (broad SMARTS) is 1. The summed E-state index contributed by atoms with van der Waals surface area (Å²) >= 11 is 0. The zero-order chi connectivity index (χ0) is 28.5. The normalized spacial score (nSPS) is 14.3. The van der Waals surface area contributed by atoms with Gasteiger partial charge in [0.1, 0.15) is 12.6 Å². The van der Waals surface area contributed by atoms with Crippen molar-refractivity contribution in [3.63, 3.8) is 0 Å². The molecule has 2 amide bonds. The number of hydrogen-bond acceptors (Lipinski definition) is 5. The lowest BCUT2D eigenvalue weighted by Crippen LogP contribution is -2.55. The summed E-state index contributed by atoms with van der Waals surface area (Å²) in [5.41, 5.74) is 5.33. The molecule has 3 atom stereocenters. The van der Waals surface area contributed by atoms with Crippen LogP contribution in [-0.2, 0) is 25.7 Å². The molecule has 0 heterocycles. The Balaban J connectivity index is 1.45. The number of alkyl carbamates (subject to hydrolysis) is 1. The molecule has 3 aromatic rings. The topological polar surface area (TPSA) is 114 Å². The van der Waals surface area contributed by atoms with E-state index in [1.54, 1.807) is 6.92 Å². The van der Waals surface area contributed by atoms with Crippen LogP contribution in [0.25, 0.3) is 11.1 Å². The maximum absolute atomic E-state index is 13.3. The monoisotopic (exact) mass is 544 g/mol. The van der Waals surface area contributed by atoms with Gasteiger partial charge in [-0.25, -0.2) is 4.79 Å². The molecule has 3 aromatic carbocycles. The van der Waals surface area contributed by atoms with E-state index in [1.165, 1.54) is 0 Å². The van der Waals surface area contributed by atoms with Crippen LogP contribution in [0, 0.1) is 0 Å². The first kappa shape index (κ1) is 28.8. The molecule has 8 nitrogen and oxygen atoms in total.